The highest BCUT2D eigenvalue weighted by atomic mass is 32.1. The Balaban J connectivity index is 1.62. The molecular formula is C16H23N5S. The number of nitrogens with zero attached hydrogens (tertiary/aromatic N) is 5. The molecule has 2 aromatic rings. The number of rotatable bonds is 6. The van der Waals surface area contributed by atoms with Crippen molar-refractivity contribution in [3.05, 3.63) is 40.9 Å². The average Bonchev–Trinajstić information content (AvgIpc) is 3.26. The lowest BCUT2D eigenvalue weighted by Crippen LogP contribution is -2.22. The molecule has 0 aliphatic heterocycles. The molecule has 1 aromatic heterocycles. The van der Waals surface area contributed by atoms with Crippen molar-refractivity contribution in [3.63, 3.8) is 0 Å². The van der Waals surface area contributed by atoms with E-state index in [1.807, 2.05) is 11.0 Å². The van der Waals surface area contributed by atoms with E-state index in [1.165, 1.54) is 24.1 Å². The van der Waals surface area contributed by atoms with Crippen LogP contribution in [0, 0.1) is 4.77 Å². The SMILES string of the molecule is CN(Cc1ccc(N(C)C)cc1)Cn1ncn(C2CC2)c1=S. The van der Waals surface area contributed by atoms with E-state index in [1.54, 1.807) is 0 Å². The lowest BCUT2D eigenvalue weighted by molar-refractivity contribution is 0.243. The van der Waals surface area contributed by atoms with Crippen LogP contribution in [0.5, 0.6) is 0 Å². The molecule has 1 aliphatic rings. The maximum absolute atomic E-state index is 5.50. The van der Waals surface area contributed by atoms with Crippen molar-refractivity contribution in [1.82, 2.24) is 19.2 Å². The Bertz CT molecular complexity index is 681. The van der Waals surface area contributed by atoms with Gasteiger partial charge in [-0.15, -0.1) is 0 Å². The maximum atomic E-state index is 5.50. The Hall–Kier alpha value is -1.66. The minimum Gasteiger partial charge on any atom is -0.378 e. The van der Waals surface area contributed by atoms with Gasteiger partial charge in [-0.05, 0) is 49.8 Å². The molecule has 118 valence electrons. The van der Waals surface area contributed by atoms with E-state index >= 15 is 0 Å². The minimum atomic E-state index is 0.588. The third-order valence-electron chi connectivity index (χ3n) is 3.98. The monoisotopic (exact) mass is 317 g/mol. The first-order valence-corrected chi connectivity index (χ1v) is 8.04. The predicted octanol–water partition coefficient (Wildman–Crippen LogP) is 2.90. The zero-order valence-corrected chi connectivity index (χ0v) is 14.3. The van der Waals surface area contributed by atoms with Gasteiger partial charge in [0.2, 0.25) is 0 Å². The highest BCUT2D eigenvalue weighted by Crippen LogP contribution is 2.34. The number of anilines is 1. The lowest BCUT2D eigenvalue weighted by Gasteiger charge is -2.18. The van der Waals surface area contributed by atoms with Crippen LogP contribution < -0.4 is 4.90 Å². The Labute approximate surface area is 136 Å². The van der Waals surface area contributed by atoms with Gasteiger partial charge >= 0.3 is 0 Å². The summed E-state index contributed by atoms with van der Waals surface area (Å²) in [6, 6.07) is 9.24. The normalized spacial score (nSPS) is 14.5. The first-order valence-electron chi connectivity index (χ1n) is 7.63. The smallest absolute Gasteiger partial charge is 0.199 e. The van der Waals surface area contributed by atoms with Crippen molar-refractivity contribution in [3.8, 4) is 0 Å². The molecule has 0 spiro atoms. The van der Waals surface area contributed by atoms with Gasteiger partial charge in [0.25, 0.3) is 0 Å². The molecule has 3 rings (SSSR count). The van der Waals surface area contributed by atoms with Gasteiger partial charge in [0.05, 0.1) is 6.67 Å². The number of aromatic nitrogens is 3. The summed E-state index contributed by atoms with van der Waals surface area (Å²) >= 11 is 5.50. The number of hydrogen-bond acceptors (Lipinski definition) is 4. The summed E-state index contributed by atoms with van der Waals surface area (Å²) in [5.41, 5.74) is 2.51. The molecule has 1 aromatic carbocycles. The third kappa shape index (κ3) is 3.39. The Morgan fingerprint density at radius 3 is 2.45 bits per heavy atom. The van der Waals surface area contributed by atoms with Gasteiger partial charge in [0.15, 0.2) is 4.77 Å². The molecule has 1 fully saturated rings. The first kappa shape index (κ1) is 15.2. The van der Waals surface area contributed by atoms with Crippen molar-refractivity contribution in [1.29, 1.82) is 0 Å². The molecule has 6 heteroatoms. The molecule has 0 atom stereocenters. The van der Waals surface area contributed by atoms with Crippen LogP contribution in [0.15, 0.2) is 30.6 Å². The molecule has 1 heterocycles. The Morgan fingerprint density at radius 2 is 1.86 bits per heavy atom. The van der Waals surface area contributed by atoms with Crippen LogP contribution in [0.4, 0.5) is 5.69 Å². The largest absolute Gasteiger partial charge is 0.378 e. The quantitative estimate of drug-likeness (QED) is 0.766. The summed E-state index contributed by atoms with van der Waals surface area (Å²) < 4.78 is 4.86. The summed E-state index contributed by atoms with van der Waals surface area (Å²) in [7, 11) is 6.20. The molecule has 22 heavy (non-hydrogen) atoms. The zero-order chi connectivity index (χ0) is 15.7. The van der Waals surface area contributed by atoms with Crippen molar-refractivity contribution in [2.75, 3.05) is 26.0 Å². The topological polar surface area (TPSA) is 29.2 Å². The zero-order valence-electron chi connectivity index (χ0n) is 13.4. The first-order chi connectivity index (χ1) is 10.5. The van der Waals surface area contributed by atoms with E-state index in [0.29, 0.717) is 12.7 Å². The van der Waals surface area contributed by atoms with Crippen LogP contribution in [0.3, 0.4) is 0 Å². The minimum absolute atomic E-state index is 0.588. The van der Waals surface area contributed by atoms with Crippen LogP contribution in [0.1, 0.15) is 24.4 Å². The van der Waals surface area contributed by atoms with Crippen LogP contribution in [-0.4, -0.2) is 40.4 Å². The molecule has 1 aliphatic carbocycles. The average molecular weight is 317 g/mol. The van der Waals surface area contributed by atoms with E-state index in [4.69, 9.17) is 12.2 Å². The van der Waals surface area contributed by atoms with Crippen LogP contribution >= 0.6 is 12.2 Å². The fourth-order valence-corrected chi connectivity index (χ4v) is 2.84. The van der Waals surface area contributed by atoms with E-state index in [2.05, 4.69) is 64.9 Å². The Morgan fingerprint density at radius 1 is 1.18 bits per heavy atom. The summed E-state index contributed by atoms with van der Waals surface area (Å²) in [4.78, 5) is 4.34. The summed E-state index contributed by atoms with van der Waals surface area (Å²) in [6.07, 6.45) is 4.34. The molecule has 0 radical (unpaired) electrons. The van der Waals surface area contributed by atoms with E-state index < -0.39 is 0 Å². The predicted molar refractivity (Wildman–Crippen MR) is 91.6 cm³/mol. The van der Waals surface area contributed by atoms with Crippen molar-refractivity contribution in [2.24, 2.45) is 0 Å². The van der Waals surface area contributed by atoms with E-state index in [-0.39, 0.29) is 0 Å². The molecule has 0 bridgehead atoms. The van der Waals surface area contributed by atoms with Gasteiger partial charge in [-0.1, -0.05) is 12.1 Å². The maximum Gasteiger partial charge on any atom is 0.199 e. The number of benzene rings is 1. The van der Waals surface area contributed by atoms with Crippen molar-refractivity contribution in [2.45, 2.75) is 32.1 Å². The molecule has 0 N–H and O–H groups in total. The Kier molecular flexibility index (Phi) is 4.31. The molecule has 0 saturated heterocycles. The van der Waals surface area contributed by atoms with Crippen molar-refractivity contribution < 1.29 is 0 Å². The molecule has 5 nitrogen and oxygen atoms in total. The van der Waals surface area contributed by atoms with Crippen molar-refractivity contribution >= 4 is 17.9 Å². The van der Waals surface area contributed by atoms with Gasteiger partial charge in [-0.2, -0.15) is 5.10 Å². The third-order valence-corrected chi connectivity index (χ3v) is 4.40. The van der Waals surface area contributed by atoms with Gasteiger partial charge in [0.1, 0.15) is 6.33 Å². The second kappa shape index (κ2) is 6.22. The fourth-order valence-electron chi connectivity index (χ4n) is 2.54. The van der Waals surface area contributed by atoms with Gasteiger partial charge in [0, 0.05) is 32.4 Å². The fraction of sp³-hybridized carbons (Fsp3) is 0.500. The lowest BCUT2D eigenvalue weighted by atomic mass is 10.2. The second-order valence-corrected chi connectivity index (χ2v) is 6.63. The van der Waals surface area contributed by atoms with E-state index in [9.17, 15) is 0 Å². The summed E-state index contributed by atoms with van der Waals surface area (Å²) in [5, 5.41) is 4.42. The highest BCUT2D eigenvalue weighted by molar-refractivity contribution is 7.71. The summed E-state index contributed by atoms with van der Waals surface area (Å²) in [5.74, 6) is 0. The molecular weight excluding hydrogens is 294 g/mol. The number of hydrogen-bond donors (Lipinski definition) is 0. The second-order valence-electron chi connectivity index (χ2n) is 6.27. The molecule has 1 saturated carbocycles. The molecule has 0 amide bonds. The summed E-state index contributed by atoms with van der Waals surface area (Å²) in [6.45, 7) is 1.60. The highest BCUT2D eigenvalue weighted by Gasteiger charge is 2.25. The van der Waals surface area contributed by atoms with Crippen LogP contribution in [-0.2, 0) is 13.2 Å². The molecule has 0 unspecified atom stereocenters. The van der Waals surface area contributed by atoms with E-state index in [0.717, 1.165) is 11.3 Å². The standard InChI is InChI=1S/C16H23N5S/c1-18(2)14-6-4-13(5-7-14)10-19(3)12-21-16(22)20(11-17-21)15-8-9-15/h4-7,11,15H,8-10,12H2,1-3H3. The van der Waals surface area contributed by atoms with Gasteiger partial charge in [-0.25, -0.2) is 4.68 Å². The van der Waals surface area contributed by atoms with Gasteiger partial charge < -0.3 is 9.47 Å². The van der Waals surface area contributed by atoms with Crippen LogP contribution in [0.25, 0.3) is 0 Å². The van der Waals surface area contributed by atoms with Gasteiger partial charge in [-0.3, -0.25) is 4.90 Å². The van der Waals surface area contributed by atoms with Crippen LogP contribution in [0.2, 0.25) is 0 Å².